The SMILES string of the molecule is C=N/C(C)=C(\SCNC(=O)Cc1ccccc1)c1cnc(Cl)c(NSc2ccccc2)c1.CC. The number of nitrogens with one attached hydrogen (secondary N) is 2. The van der Waals surface area contributed by atoms with E-state index in [1.54, 1.807) is 6.20 Å². The molecule has 3 aromatic rings. The number of carbonyl (C=O) groups excluding carboxylic acids is 1. The van der Waals surface area contributed by atoms with Gasteiger partial charge >= 0.3 is 0 Å². The van der Waals surface area contributed by atoms with Crippen molar-refractivity contribution in [2.45, 2.75) is 32.1 Å². The molecule has 178 valence electrons. The highest BCUT2D eigenvalue weighted by Crippen LogP contribution is 2.34. The van der Waals surface area contributed by atoms with Crippen molar-refractivity contribution in [1.29, 1.82) is 0 Å². The third kappa shape index (κ3) is 8.89. The van der Waals surface area contributed by atoms with Gasteiger partial charge in [-0.15, -0.1) is 11.8 Å². The van der Waals surface area contributed by atoms with Gasteiger partial charge in [-0.2, -0.15) is 0 Å². The molecule has 1 heterocycles. The van der Waals surface area contributed by atoms with Gasteiger partial charge in [-0.1, -0.05) is 74.0 Å². The van der Waals surface area contributed by atoms with Crippen molar-refractivity contribution in [3.63, 3.8) is 0 Å². The summed E-state index contributed by atoms with van der Waals surface area (Å²) in [5, 5.41) is 3.32. The Labute approximate surface area is 215 Å². The Bertz CT molecular complexity index is 1090. The van der Waals surface area contributed by atoms with Crippen LogP contribution in [-0.2, 0) is 11.2 Å². The van der Waals surface area contributed by atoms with Gasteiger partial charge in [-0.25, -0.2) is 4.98 Å². The largest absolute Gasteiger partial charge is 0.346 e. The fourth-order valence-electron chi connectivity index (χ4n) is 2.75. The molecule has 0 spiro atoms. The molecule has 0 aliphatic heterocycles. The molecule has 0 saturated carbocycles. The normalized spacial score (nSPS) is 10.9. The lowest BCUT2D eigenvalue weighted by atomic mass is 10.1. The van der Waals surface area contributed by atoms with Gasteiger partial charge in [0.15, 0.2) is 5.15 Å². The Morgan fingerprint density at radius 1 is 1.09 bits per heavy atom. The van der Waals surface area contributed by atoms with Crippen LogP contribution in [-0.4, -0.2) is 23.5 Å². The van der Waals surface area contributed by atoms with E-state index in [9.17, 15) is 4.79 Å². The second kappa shape index (κ2) is 15.2. The van der Waals surface area contributed by atoms with Crippen LogP contribution in [0.2, 0.25) is 5.15 Å². The molecule has 0 fully saturated rings. The van der Waals surface area contributed by atoms with E-state index in [1.807, 2.05) is 87.5 Å². The third-order valence-electron chi connectivity index (χ3n) is 4.38. The van der Waals surface area contributed by atoms with Gasteiger partial charge in [0.25, 0.3) is 0 Å². The van der Waals surface area contributed by atoms with E-state index in [4.69, 9.17) is 11.6 Å². The van der Waals surface area contributed by atoms with Crippen molar-refractivity contribution >= 4 is 58.5 Å². The van der Waals surface area contributed by atoms with E-state index in [-0.39, 0.29) is 5.91 Å². The number of halogens is 1. The van der Waals surface area contributed by atoms with Gasteiger partial charge in [0, 0.05) is 21.6 Å². The minimum Gasteiger partial charge on any atom is -0.346 e. The van der Waals surface area contributed by atoms with Crippen molar-refractivity contribution in [3.05, 3.63) is 94.9 Å². The first kappa shape index (κ1) is 27.5. The van der Waals surface area contributed by atoms with Crippen LogP contribution >= 0.6 is 35.3 Å². The lowest BCUT2D eigenvalue weighted by molar-refractivity contribution is -0.120. The first-order valence-corrected chi connectivity index (χ1v) is 13.0. The molecule has 5 nitrogen and oxygen atoms in total. The predicted molar refractivity (Wildman–Crippen MR) is 149 cm³/mol. The van der Waals surface area contributed by atoms with Crippen LogP contribution in [0.3, 0.4) is 0 Å². The number of aromatic nitrogens is 1. The molecule has 2 N–H and O–H groups in total. The topological polar surface area (TPSA) is 66.4 Å². The van der Waals surface area contributed by atoms with Crippen molar-refractivity contribution < 1.29 is 4.79 Å². The van der Waals surface area contributed by atoms with E-state index in [0.29, 0.717) is 23.1 Å². The highest BCUT2D eigenvalue weighted by molar-refractivity contribution is 8.08. The summed E-state index contributed by atoms with van der Waals surface area (Å²) in [5.74, 6) is 0.362. The summed E-state index contributed by atoms with van der Waals surface area (Å²) in [5.41, 5.74) is 3.26. The molecule has 0 aliphatic rings. The zero-order chi connectivity index (χ0) is 24.8. The summed E-state index contributed by atoms with van der Waals surface area (Å²) in [6.45, 7) is 9.52. The van der Waals surface area contributed by atoms with E-state index < -0.39 is 0 Å². The zero-order valence-electron chi connectivity index (χ0n) is 19.5. The number of carbonyl (C=O) groups is 1. The van der Waals surface area contributed by atoms with Crippen LogP contribution in [0.1, 0.15) is 31.9 Å². The van der Waals surface area contributed by atoms with E-state index in [1.165, 1.54) is 23.7 Å². The van der Waals surface area contributed by atoms with Gasteiger partial charge in [0.05, 0.1) is 23.7 Å². The number of pyridine rings is 1. The van der Waals surface area contributed by atoms with Crippen LogP contribution in [0, 0.1) is 0 Å². The van der Waals surface area contributed by atoms with Gasteiger partial charge in [-0.05, 0) is 49.4 Å². The molecular weight excluding hydrogens is 484 g/mol. The Morgan fingerprint density at radius 2 is 1.74 bits per heavy atom. The Kier molecular flexibility index (Phi) is 12.3. The number of nitrogens with zero attached hydrogens (tertiary/aromatic N) is 2. The van der Waals surface area contributed by atoms with Crippen LogP contribution in [0.4, 0.5) is 5.69 Å². The van der Waals surface area contributed by atoms with Gasteiger partial charge < -0.3 is 10.0 Å². The molecular formula is C26H29ClN4OS2. The first-order chi connectivity index (χ1) is 16.6. The fraction of sp³-hybridized carbons (Fsp3) is 0.192. The average molecular weight is 513 g/mol. The van der Waals surface area contributed by atoms with Crippen molar-refractivity contribution in [2.75, 3.05) is 10.6 Å². The second-order valence-corrected chi connectivity index (χ2v) is 8.93. The summed E-state index contributed by atoms with van der Waals surface area (Å²) in [6, 6.07) is 21.5. The highest BCUT2D eigenvalue weighted by Gasteiger charge is 2.12. The number of amides is 1. The molecule has 2 aromatic carbocycles. The summed E-state index contributed by atoms with van der Waals surface area (Å²) in [4.78, 5) is 22.6. The molecule has 8 heteroatoms. The smallest absolute Gasteiger partial charge is 0.225 e. The molecule has 0 aliphatic carbocycles. The van der Waals surface area contributed by atoms with Crippen LogP contribution in [0.25, 0.3) is 4.91 Å². The summed E-state index contributed by atoms with van der Waals surface area (Å²) in [7, 11) is 0. The molecule has 0 radical (unpaired) electrons. The van der Waals surface area contributed by atoms with Crippen LogP contribution in [0.15, 0.2) is 88.5 Å². The Hall–Kier alpha value is -2.74. The minimum atomic E-state index is -0.0388. The summed E-state index contributed by atoms with van der Waals surface area (Å²) < 4.78 is 3.26. The number of benzene rings is 2. The first-order valence-electron chi connectivity index (χ1n) is 10.8. The van der Waals surface area contributed by atoms with E-state index in [2.05, 4.69) is 26.7 Å². The number of aliphatic imine (C=N–C) groups is 1. The lowest BCUT2D eigenvalue weighted by Gasteiger charge is -2.13. The third-order valence-corrected chi connectivity index (χ3v) is 6.62. The van der Waals surface area contributed by atoms with Gasteiger partial charge in [-0.3, -0.25) is 9.79 Å². The van der Waals surface area contributed by atoms with E-state index in [0.717, 1.165) is 26.6 Å². The molecule has 1 amide bonds. The molecule has 1 aromatic heterocycles. The number of hydrogen-bond acceptors (Lipinski definition) is 6. The molecule has 0 atom stereocenters. The lowest BCUT2D eigenvalue weighted by Crippen LogP contribution is -2.24. The molecule has 0 saturated heterocycles. The quantitative estimate of drug-likeness (QED) is 0.129. The standard InChI is InChI=1S/C24H23ClN4OS2.C2H6/c1-17(26-2)23(31-16-28-22(30)13-18-9-5-3-6-10-18)19-14-21(24(25)27-15-19)29-32-20-11-7-4-8-12-20;1-2/h3-12,14-15,29H,2,13,16H2,1H3,(H,28,30);1-2H3/b23-17-;. The van der Waals surface area contributed by atoms with Gasteiger partial charge in [0.2, 0.25) is 5.91 Å². The predicted octanol–water partition coefficient (Wildman–Crippen LogP) is 7.32. The maximum absolute atomic E-state index is 12.3. The summed E-state index contributed by atoms with van der Waals surface area (Å²) in [6.07, 6.45) is 2.04. The Morgan fingerprint density at radius 3 is 2.38 bits per heavy atom. The van der Waals surface area contributed by atoms with Crippen LogP contribution < -0.4 is 10.0 Å². The molecule has 0 unspecified atom stereocenters. The second-order valence-electron chi connectivity index (χ2n) is 6.70. The monoisotopic (exact) mass is 512 g/mol. The van der Waals surface area contributed by atoms with Crippen LogP contribution in [0.5, 0.6) is 0 Å². The molecule has 3 rings (SSSR count). The molecule has 34 heavy (non-hydrogen) atoms. The Balaban J connectivity index is 0.00000199. The number of thioether (sulfide) groups is 1. The number of anilines is 1. The van der Waals surface area contributed by atoms with Crippen molar-refractivity contribution in [2.24, 2.45) is 4.99 Å². The summed E-state index contributed by atoms with van der Waals surface area (Å²) >= 11 is 9.23. The minimum absolute atomic E-state index is 0.0388. The van der Waals surface area contributed by atoms with Crippen molar-refractivity contribution in [3.8, 4) is 0 Å². The molecule has 0 bridgehead atoms. The number of hydrogen-bond donors (Lipinski definition) is 2. The maximum Gasteiger partial charge on any atom is 0.225 e. The number of rotatable bonds is 10. The average Bonchev–Trinajstić information content (AvgIpc) is 2.88. The zero-order valence-corrected chi connectivity index (χ0v) is 21.9. The van der Waals surface area contributed by atoms with Gasteiger partial charge in [0.1, 0.15) is 0 Å². The maximum atomic E-state index is 12.3. The highest BCUT2D eigenvalue weighted by atomic mass is 35.5. The van der Waals surface area contributed by atoms with Crippen molar-refractivity contribution in [1.82, 2.24) is 10.3 Å². The van der Waals surface area contributed by atoms with E-state index >= 15 is 0 Å². The fourth-order valence-corrected chi connectivity index (χ4v) is 4.56. The number of allylic oxidation sites excluding steroid dienone is 1.